The minimum Gasteiger partial charge on any atom is -0.396 e. The van der Waals surface area contributed by atoms with Crippen molar-refractivity contribution in [2.45, 2.75) is 33.6 Å². The molecule has 0 unspecified atom stereocenters. The normalized spacial score (nSPS) is 10.1. The monoisotopic (exact) mass is 294 g/mol. The molecule has 0 aliphatic carbocycles. The van der Waals surface area contributed by atoms with E-state index in [2.05, 4.69) is 23.2 Å². The molecule has 0 spiro atoms. The molecule has 0 fully saturated rings. The Morgan fingerprint density at radius 2 is 2.15 bits per heavy atom. The van der Waals surface area contributed by atoms with Crippen LogP contribution in [0.1, 0.15) is 48.8 Å². The van der Waals surface area contributed by atoms with Crippen LogP contribution in [0, 0.1) is 11.3 Å². The van der Waals surface area contributed by atoms with E-state index in [1.165, 1.54) is 11.3 Å². The number of thiophene rings is 1. The highest BCUT2D eigenvalue weighted by Crippen LogP contribution is 2.37. The average Bonchev–Trinajstić information content (AvgIpc) is 2.77. The second kappa shape index (κ2) is 7.75. The SMILES string of the molecule is CCCCN(CC)c1sc(C(=O)NCC)c(N)c1C#N. The molecule has 1 rings (SSSR count). The van der Waals surface area contributed by atoms with Gasteiger partial charge in [-0.25, -0.2) is 0 Å². The van der Waals surface area contributed by atoms with Gasteiger partial charge in [-0.15, -0.1) is 11.3 Å². The highest BCUT2D eigenvalue weighted by molar-refractivity contribution is 7.19. The van der Waals surface area contributed by atoms with Gasteiger partial charge < -0.3 is 16.0 Å². The minimum atomic E-state index is -0.204. The van der Waals surface area contributed by atoms with Crippen molar-refractivity contribution in [1.82, 2.24) is 5.32 Å². The number of unbranched alkanes of at least 4 members (excludes halogenated alkanes) is 1. The zero-order chi connectivity index (χ0) is 15.1. The lowest BCUT2D eigenvalue weighted by molar-refractivity contribution is 0.0960. The van der Waals surface area contributed by atoms with E-state index in [9.17, 15) is 10.1 Å². The molecular formula is C14H22N4OS. The highest BCUT2D eigenvalue weighted by atomic mass is 32.1. The van der Waals surface area contributed by atoms with Crippen molar-refractivity contribution >= 4 is 27.9 Å². The number of nitrogen functional groups attached to an aromatic ring is 1. The lowest BCUT2D eigenvalue weighted by Crippen LogP contribution is -2.23. The fraction of sp³-hybridized carbons (Fsp3) is 0.571. The first-order valence-corrected chi connectivity index (χ1v) is 7.77. The van der Waals surface area contributed by atoms with Gasteiger partial charge >= 0.3 is 0 Å². The molecule has 6 heteroatoms. The molecule has 5 nitrogen and oxygen atoms in total. The van der Waals surface area contributed by atoms with Crippen LogP contribution in [-0.4, -0.2) is 25.5 Å². The Morgan fingerprint density at radius 1 is 1.45 bits per heavy atom. The fourth-order valence-corrected chi connectivity index (χ4v) is 3.10. The van der Waals surface area contributed by atoms with E-state index in [0.29, 0.717) is 22.7 Å². The maximum Gasteiger partial charge on any atom is 0.263 e. The number of rotatable bonds is 7. The minimum absolute atomic E-state index is 0.204. The van der Waals surface area contributed by atoms with Gasteiger partial charge in [0.25, 0.3) is 5.91 Å². The van der Waals surface area contributed by atoms with Gasteiger partial charge in [0.05, 0.1) is 5.69 Å². The maximum atomic E-state index is 12.0. The summed E-state index contributed by atoms with van der Waals surface area (Å²) in [4.78, 5) is 14.5. The Morgan fingerprint density at radius 3 is 2.65 bits per heavy atom. The summed E-state index contributed by atoms with van der Waals surface area (Å²) in [6.07, 6.45) is 2.13. The second-order valence-electron chi connectivity index (χ2n) is 4.43. The molecule has 0 aliphatic rings. The van der Waals surface area contributed by atoms with Gasteiger partial charge in [0, 0.05) is 19.6 Å². The lowest BCUT2D eigenvalue weighted by atomic mass is 10.2. The van der Waals surface area contributed by atoms with Crippen molar-refractivity contribution in [2.75, 3.05) is 30.3 Å². The van der Waals surface area contributed by atoms with Crippen molar-refractivity contribution in [2.24, 2.45) is 0 Å². The van der Waals surface area contributed by atoms with E-state index in [1.54, 1.807) is 0 Å². The molecular weight excluding hydrogens is 272 g/mol. The summed E-state index contributed by atoms with van der Waals surface area (Å²) in [5.74, 6) is -0.204. The van der Waals surface area contributed by atoms with Gasteiger partial charge in [0.1, 0.15) is 21.5 Å². The third kappa shape index (κ3) is 3.42. The Hall–Kier alpha value is -1.74. The molecule has 0 bridgehead atoms. The molecule has 0 aliphatic heterocycles. The van der Waals surface area contributed by atoms with Crippen LogP contribution in [-0.2, 0) is 0 Å². The molecule has 0 atom stereocenters. The molecule has 3 N–H and O–H groups in total. The summed E-state index contributed by atoms with van der Waals surface area (Å²) < 4.78 is 0. The van der Waals surface area contributed by atoms with Crippen LogP contribution in [0.2, 0.25) is 0 Å². The van der Waals surface area contributed by atoms with E-state index in [0.717, 1.165) is 30.9 Å². The zero-order valence-corrected chi connectivity index (χ0v) is 13.1. The molecule has 1 amide bonds. The van der Waals surface area contributed by atoms with Crippen molar-refractivity contribution in [3.05, 3.63) is 10.4 Å². The topological polar surface area (TPSA) is 82.2 Å². The molecule has 0 aromatic carbocycles. The number of anilines is 2. The zero-order valence-electron chi connectivity index (χ0n) is 12.3. The number of nitrogens with two attached hydrogens (primary N) is 1. The number of nitrogens with zero attached hydrogens (tertiary/aromatic N) is 2. The van der Waals surface area contributed by atoms with Crippen LogP contribution in [0.15, 0.2) is 0 Å². The Kier molecular flexibility index (Phi) is 6.32. The van der Waals surface area contributed by atoms with Crippen LogP contribution in [0.4, 0.5) is 10.7 Å². The average molecular weight is 294 g/mol. The Labute approximate surface area is 124 Å². The molecule has 110 valence electrons. The molecule has 1 heterocycles. The molecule has 0 saturated carbocycles. The summed E-state index contributed by atoms with van der Waals surface area (Å²) in [5, 5.41) is 12.9. The standard InChI is InChI=1S/C14H22N4OS/c1-4-7-8-18(6-3)14-10(9-15)11(16)12(20-14)13(19)17-5-2/h4-8,16H2,1-3H3,(H,17,19). The Bertz CT molecular complexity index is 504. The molecule has 20 heavy (non-hydrogen) atoms. The van der Waals surface area contributed by atoms with Gasteiger partial charge in [0.2, 0.25) is 0 Å². The van der Waals surface area contributed by atoms with Crippen molar-refractivity contribution < 1.29 is 4.79 Å². The third-order valence-corrected chi connectivity index (χ3v) is 4.30. The molecule has 1 aromatic rings. The fourth-order valence-electron chi connectivity index (χ4n) is 1.92. The van der Waals surface area contributed by atoms with Crippen LogP contribution < -0.4 is 16.0 Å². The lowest BCUT2D eigenvalue weighted by Gasteiger charge is -2.21. The number of amides is 1. The largest absolute Gasteiger partial charge is 0.396 e. The number of carbonyl (C=O) groups is 1. The number of nitriles is 1. The molecule has 0 radical (unpaired) electrons. The number of nitrogens with one attached hydrogen (secondary N) is 1. The first-order chi connectivity index (χ1) is 9.60. The first kappa shape index (κ1) is 16.3. The second-order valence-corrected chi connectivity index (χ2v) is 5.43. The number of carbonyl (C=O) groups excluding carboxylic acids is 1. The summed E-state index contributed by atoms with van der Waals surface area (Å²) in [7, 11) is 0. The predicted molar refractivity (Wildman–Crippen MR) is 84.2 cm³/mol. The molecule has 1 aromatic heterocycles. The van der Waals surface area contributed by atoms with E-state index in [-0.39, 0.29) is 5.91 Å². The summed E-state index contributed by atoms with van der Waals surface area (Å²) >= 11 is 1.31. The van der Waals surface area contributed by atoms with Crippen LogP contribution in [0.25, 0.3) is 0 Å². The van der Waals surface area contributed by atoms with E-state index < -0.39 is 0 Å². The van der Waals surface area contributed by atoms with Crippen molar-refractivity contribution in [3.8, 4) is 6.07 Å². The maximum absolute atomic E-state index is 12.0. The first-order valence-electron chi connectivity index (χ1n) is 6.96. The number of hydrogen-bond acceptors (Lipinski definition) is 5. The van der Waals surface area contributed by atoms with Crippen LogP contribution in [0.5, 0.6) is 0 Å². The summed E-state index contributed by atoms with van der Waals surface area (Å²) in [6.45, 7) is 8.23. The van der Waals surface area contributed by atoms with Gasteiger partial charge in [-0.1, -0.05) is 13.3 Å². The smallest absolute Gasteiger partial charge is 0.263 e. The van der Waals surface area contributed by atoms with Crippen molar-refractivity contribution in [1.29, 1.82) is 5.26 Å². The molecule has 0 saturated heterocycles. The van der Waals surface area contributed by atoms with Gasteiger partial charge in [-0.3, -0.25) is 4.79 Å². The number of hydrogen-bond donors (Lipinski definition) is 2. The van der Waals surface area contributed by atoms with Gasteiger partial charge in [-0.2, -0.15) is 5.26 Å². The van der Waals surface area contributed by atoms with Gasteiger partial charge in [-0.05, 0) is 20.3 Å². The van der Waals surface area contributed by atoms with Crippen LogP contribution in [0.3, 0.4) is 0 Å². The predicted octanol–water partition coefficient (Wildman–Crippen LogP) is 2.58. The van der Waals surface area contributed by atoms with E-state index in [4.69, 9.17) is 5.73 Å². The van der Waals surface area contributed by atoms with Crippen molar-refractivity contribution in [3.63, 3.8) is 0 Å². The van der Waals surface area contributed by atoms with Crippen LogP contribution >= 0.6 is 11.3 Å². The summed E-state index contributed by atoms with van der Waals surface area (Å²) in [6, 6.07) is 2.14. The highest BCUT2D eigenvalue weighted by Gasteiger charge is 2.23. The van der Waals surface area contributed by atoms with E-state index in [1.807, 2.05) is 13.8 Å². The summed E-state index contributed by atoms with van der Waals surface area (Å²) in [5.41, 5.74) is 6.69. The van der Waals surface area contributed by atoms with E-state index >= 15 is 0 Å². The quantitative estimate of drug-likeness (QED) is 0.809. The third-order valence-electron chi connectivity index (χ3n) is 3.03. The Balaban J connectivity index is 3.16. The van der Waals surface area contributed by atoms with Gasteiger partial charge in [0.15, 0.2) is 0 Å².